The van der Waals surface area contributed by atoms with Gasteiger partial charge in [0.1, 0.15) is 0 Å². The van der Waals surface area contributed by atoms with Gasteiger partial charge >= 0.3 is 0 Å². The maximum Gasteiger partial charge on any atom is 0.0462 e. The fourth-order valence-electron chi connectivity index (χ4n) is 1.42. The van der Waals surface area contributed by atoms with Crippen molar-refractivity contribution in [2.24, 2.45) is 0 Å². The molecule has 2 nitrogen and oxygen atoms in total. The van der Waals surface area contributed by atoms with Gasteiger partial charge in [-0.15, -0.1) is 0 Å². The number of nitrogens with zero attached hydrogens (tertiary/aromatic N) is 2. The predicted molar refractivity (Wildman–Crippen MR) is 60.0 cm³/mol. The second-order valence-corrected chi connectivity index (χ2v) is 3.49. The lowest BCUT2D eigenvalue weighted by molar-refractivity contribution is 0.584. The maximum absolute atomic E-state index is 6.50. The van der Waals surface area contributed by atoms with Gasteiger partial charge in [-0.3, -0.25) is 0 Å². The van der Waals surface area contributed by atoms with Gasteiger partial charge in [-0.25, -0.2) is 5.26 Å². The van der Waals surface area contributed by atoms with Crippen LogP contribution in [0.2, 0.25) is 0 Å². The van der Waals surface area contributed by atoms with E-state index in [4.69, 9.17) is 5.26 Å². The Morgan fingerprint density at radius 3 is 2.50 bits per heavy atom. The first-order chi connectivity index (χ1) is 6.83. The Balaban J connectivity index is 0.000000791. The molecule has 0 unspecified atom stereocenters. The summed E-state index contributed by atoms with van der Waals surface area (Å²) in [6.45, 7) is 9.08. The fourth-order valence-corrected chi connectivity index (χ4v) is 1.42. The zero-order valence-corrected chi connectivity index (χ0v) is 9.24. The molecule has 0 aliphatic heterocycles. The molecule has 0 aromatic carbocycles. The van der Waals surface area contributed by atoms with Crippen molar-refractivity contribution in [3.05, 3.63) is 24.0 Å². The van der Waals surface area contributed by atoms with Gasteiger partial charge in [-0.1, -0.05) is 26.2 Å². The quantitative estimate of drug-likeness (QED) is 0.656. The smallest absolute Gasteiger partial charge is 0.0462 e. The SMILES string of the molecule is C#N.CCCCCCn1ccc(C)c1. The Kier molecular flexibility index (Phi) is 7.64. The Morgan fingerprint density at radius 1 is 1.29 bits per heavy atom. The van der Waals surface area contributed by atoms with E-state index in [1.807, 2.05) is 0 Å². The van der Waals surface area contributed by atoms with Crippen molar-refractivity contribution in [3.63, 3.8) is 0 Å². The van der Waals surface area contributed by atoms with E-state index in [1.165, 1.54) is 37.8 Å². The van der Waals surface area contributed by atoms with E-state index < -0.39 is 0 Å². The average molecular weight is 192 g/mol. The zero-order chi connectivity index (χ0) is 10.8. The monoisotopic (exact) mass is 192 g/mol. The third kappa shape index (κ3) is 5.42. The molecule has 14 heavy (non-hydrogen) atoms. The van der Waals surface area contributed by atoms with Gasteiger partial charge in [-0.2, -0.15) is 0 Å². The van der Waals surface area contributed by atoms with Crippen molar-refractivity contribution in [2.75, 3.05) is 0 Å². The molecule has 0 aliphatic carbocycles. The molecule has 2 heteroatoms. The maximum atomic E-state index is 6.50. The van der Waals surface area contributed by atoms with E-state index in [9.17, 15) is 0 Å². The van der Waals surface area contributed by atoms with E-state index in [0.717, 1.165) is 0 Å². The first-order valence-corrected chi connectivity index (χ1v) is 5.21. The molecule has 78 valence electrons. The van der Waals surface area contributed by atoms with Crippen LogP contribution in [-0.4, -0.2) is 4.57 Å². The Morgan fingerprint density at radius 2 is 2.00 bits per heavy atom. The summed E-state index contributed by atoms with van der Waals surface area (Å²) in [4.78, 5) is 0. The van der Waals surface area contributed by atoms with Crippen LogP contribution in [0.25, 0.3) is 0 Å². The van der Waals surface area contributed by atoms with Crippen LogP contribution in [0.3, 0.4) is 0 Å². The van der Waals surface area contributed by atoms with Crippen molar-refractivity contribution in [2.45, 2.75) is 46.1 Å². The largest absolute Gasteiger partial charge is 0.354 e. The second-order valence-electron chi connectivity index (χ2n) is 3.49. The number of nitriles is 1. The standard InChI is InChI=1S/C11H19N.CHN/c1-3-4-5-6-8-12-9-7-11(2)10-12;1-2/h7,9-10H,3-6,8H2,1-2H3;1H. The summed E-state index contributed by atoms with van der Waals surface area (Å²) in [7, 11) is 0. The first-order valence-electron chi connectivity index (χ1n) is 5.21. The third-order valence-electron chi connectivity index (χ3n) is 2.17. The summed E-state index contributed by atoms with van der Waals surface area (Å²) in [5, 5.41) is 6.50. The topological polar surface area (TPSA) is 28.7 Å². The minimum Gasteiger partial charge on any atom is -0.354 e. The van der Waals surface area contributed by atoms with E-state index in [1.54, 1.807) is 0 Å². The molecule has 0 fully saturated rings. The van der Waals surface area contributed by atoms with Crippen LogP contribution in [0.4, 0.5) is 0 Å². The van der Waals surface area contributed by atoms with Gasteiger partial charge < -0.3 is 4.57 Å². The molecule has 1 heterocycles. The van der Waals surface area contributed by atoms with Crippen LogP contribution < -0.4 is 0 Å². The highest BCUT2D eigenvalue weighted by atomic mass is 14.9. The Labute approximate surface area is 87.2 Å². The lowest BCUT2D eigenvalue weighted by Crippen LogP contribution is -1.93. The van der Waals surface area contributed by atoms with Crippen molar-refractivity contribution in [1.82, 2.24) is 4.57 Å². The van der Waals surface area contributed by atoms with Crippen molar-refractivity contribution in [3.8, 4) is 6.57 Å². The predicted octanol–water partition coefficient (Wildman–Crippen LogP) is 3.52. The minimum absolute atomic E-state index is 1.19. The van der Waals surface area contributed by atoms with Gasteiger partial charge in [0, 0.05) is 25.5 Å². The summed E-state index contributed by atoms with van der Waals surface area (Å²) in [5.41, 5.74) is 1.37. The molecule has 0 amide bonds. The van der Waals surface area contributed by atoms with Crippen LogP contribution in [0.1, 0.15) is 38.2 Å². The minimum atomic E-state index is 1.19. The molecular formula is C12H20N2. The molecule has 0 aliphatic rings. The van der Waals surface area contributed by atoms with Crippen LogP contribution in [0.5, 0.6) is 0 Å². The summed E-state index contributed by atoms with van der Waals surface area (Å²) >= 11 is 0. The molecular weight excluding hydrogens is 172 g/mol. The molecule has 0 spiro atoms. The number of rotatable bonds is 5. The molecule has 0 atom stereocenters. The lowest BCUT2D eigenvalue weighted by Gasteiger charge is -2.01. The van der Waals surface area contributed by atoms with Crippen molar-refractivity contribution < 1.29 is 0 Å². The van der Waals surface area contributed by atoms with Crippen LogP contribution in [0, 0.1) is 18.8 Å². The van der Waals surface area contributed by atoms with Gasteiger partial charge in [0.2, 0.25) is 0 Å². The molecule has 0 bridgehead atoms. The highest BCUT2D eigenvalue weighted by Gasteiger charge is 1.91. The number of unbranched alkanes of at least 4 members (excludes halogenated alkanes) is 3. The fraction of sp³-hybridized carbons (Fsp3) is 0.583. The molecule has 0 radical (unpaired) electrons. The number of hydrogen-bond donors (Lipinski definition) is 0. The molecule has 0 saturated carbocycles. The average Bonchev–Trinajstić information content (AvgIpc) is 2.62. The summed E-state index contributed by atoms with van der Waals surface area (Å²) in [6.07, 6.45) is 9.77. The summed E-state index contributed by atoms with van der Waals surface area (Å²) < 4.78 is 2.28. The highest BCUT2D eigenvalue weighted by molar-refractivity contribution is 5.06. The van der Waals surface area contributed by atoms with Gasteiger partial charge in [0.05, 0.1) is 0 Å². The first kappa shape index (κ1) is 12.8. The van der Waals surface area contributed by atoms with E-state index >= 15 is 0 Å². The van der Waals surface area contributed by atoms with Crippen LogP contribution >= 0.6 is 0 Å². The molecule has 1 rings (SSSR count). The lowest BCUT2D eigenvalue weighted by atomic mass is 10.2. The molecule has 1 aromatic heterocycles. The number of aryl methyl sites for hydroxylation is 2. The molecule has 1 aromatic rings. The van der Waals surface area contributed by atoms with Crippen molar-refractivity contribution >= 4 is 0 Å². The Bertz CT molecular complexity index is 248. The van der Waals surface area contributed by atoms with Gasteiger partial charge in [0.25, 0.3) is 0 Å². The highest BCUT2D eigenvalue weighted by Crippen LogP contribution is 2.04. The summed E-state index contributed by atoms with van der Waals surface area (Å²) in [5.74, 6) is 0. The van der Waals surface area contributed by atoms with E-state index in [2.05, 4.69) is 43.4 Å². The molecule has 0 saturated heterocycles. The van der Waals surface area contributed by atoms with E-state index in [-0.39, 0.29) is 0 Å². The van der Waals surface area contributed by atoms with E-state index in [0.29, 0.717) is 0 Å². The van der Waals surface area contributed by atoms with Crippen LogP contribution in [-0.2, 0) is 6.54 Å². The zero-order valence-electron chi connectivity index (χ0n) is 9.24. The number of hydrogen-bond acceptors (Lipinski definition) is 1. The van der Waals surface area contributed by atoms with Gasteiger partial charge in [0.15, 0.2) is 0 Å². The summed E-state index contributed by atoms with van der Waals surface area (Å²) in [6, 6.07) is 2.17. The van der Waals surface area contributed by atoms with Crippen LogP contribution in [0.15, 0.2) is 18.5 Å². The normalized spacial score (nSPS) is 9.14. The third-order valence-corrected chi connectivity index (χ3v) is 2.17. The van der Waals surface area contributed by atoms with Gasteiger partial charge in [-0.05, 0) is 25.0 Å². The number of aromatic nitrogens is 1. The molecule has 0 N–H and O–H groups in total. The Hall–Kier alpha value is -1.23. The van der Waals surface area contributed by atoms with Crippen molar-refractivity contribution in [1.29, 1.82) is 5.26 Å². The second kappa shape index (κ2) is 8.37.